The molecule has 1 atom stereocenters. The van der Waals surface area contributed by atoms with E-state index in [4.69, 9.17) is 5.73 Å². The van der Waals surface area contributed by atoms with Crippen molar-refractivity contribution >= 4 is 11.6 Å². The summed E-state index contributed by atoms with van der Waals surface area (Å²) >= 11 is 0. The number of rotatable bonds is 5. The number of carbonyl (C=O) groups excluding carboxylic acids is 1. The molecule has 0 saturated carbocycles. The Balaban J connectivity index is 2.78. The molecule has 0 aliphatic carbocycles. The topological polar surface area (TPSA) is 58.4 Å². The van der Waals surface area contributed by atoms with Crippen molar-refractivity contribution in [2.24, 2.45) is 5.73 Å². The lowest BCUT2D eigenvalue weighted by atomic mass is 10.1. The Morgan fingerprint density at radius 3 is 2.61 bits per heavy atom. The van der Waals surface area contributed by atoms with Crippen LogP contribution in [-0.2, 0) is 11.3 Å². The van der Waals surface area contributed by atoms with Crippen LogP contribution in [0.2, 0.25) is 0 Å². The van der Waals surface area contributed by atoms with Gasteiger partial charge in [-0.1, -0.05) is 12.1 Å². The lowest BCUT2D eigenvalue weighted by Gasteiger charge is -2.27. The van der Waals surface area contributed by atoms with Crippen LogP contribution in [0.4, 0.5) is 5.69 Å². The number of nitrogens with zero attached hydrogens (tertiary/aromatic N) is 1. The van der Waals surface area contributed by atoms with Crippen LogP contribution >= 0.6 is 0 Å². The van der Waals surface area contributed by atoms with E-state index in [0.717, 1.165) is 11.3 Å². The van der Waals surface area contributed by atoms with Crippen LogP contribution in [0.1, 0.15) is 26.3 Å². The first-order chi connectivity index (χ1) is 8.45. The zero-order chi connectivity index (χ0) is 13.7. The van der Waals surface area contributed by atoms with E-state index in [9.17, 15) is 4.79 Å². The molecule has 1 aromatic carbocycles. The summed E-state index contributed by atoms with van der Waals surface area (Å²) in [5.74, 6) is 0.0330. The van der Waals surface area contributed by atoms with Crippen molar-refractivity contribution in [3.05, 3.63) is 29.8 Å². The molecule has 0 spiro atoms. The number of amides is 1. The molecule has 0 aliphatic rings. The van der Waals surface area contributed by atoms with Crippen molar-refractivity contribution in [3.63, 3.8) is 0 Å². The lowest BCUT2D eigenvalue weighted by Crippen LogP contribution is -2.45. The molecule has 0 aromatic heterocycles. The lowest BCUT2D eigenvalue weighted by molar-refractivity contribution is -0.122. The SMILES string of the molecule is CC(C)NC(=O)C(C)N(C)c1cccc(CN)c1. The summed E-state index contributed by atoms with van der Waals surface area (Å²) in [5, 5.41) is 2.92. The first kappa shape index (κ1) is 14.5. The van der Waals surface area contributed by atoms with E-state index in [2.05, 4.69) is 5.32 Å². The number of anilines is 1. The fraction of sp³-hybridized carbons (Fsp3) is 0.500. The van der Waals surface area contributed by atoms with E-state index in [-0.39, 0.29) is 18.0 Å². The third kappa shape index (κ3) is 3.74. The molecule has 0 radical (unpaired) electrons. The molecule has 0 aliphatic heterocycles. The number of likely N-dealkylation sites (N-methyl/N-ethyl adjacent to an activating group) is 1. The molecule has 0 heterocycles. The molecule has 100 valence electrons. The molecule has 1 amide bonds. The molecular formula is C14H23N3O. The van der Waals surface area contributed by atoms with Crippen LogP contribution in [0.15, 0.2) is 24.3 Å². The van der Waals surface area contributed by atoms with Gasteiger partial charge in [0, 0.05) is 25.3 Å². The van der Waals surface area contributed by atoms with Gasteiger partial charge in [-0.15, -0.1) is 0 Å². The van der Waals surface area contributed by atoms with Crippen LogP contribution in [0.3, 0.4) is 0 Å². The van der Waals surface area contributed by atoms with Gasteiger partial charge in [-0.25, -0.2) is 0 Å². The average molecular weight is 249 g/mol. The third-order valence-electron chi connectivity index (χ3n) is 2.94. The Kier molecular flexibility index (Phi) is 5.16. The van der Waals surface area contributed by atoms with Gasteiger partial charge in [0.05, 0.1) is 0 Å². The molecular weight excluding hydrogens is 226 g/mol. The van der Waals surface area contributed by atoms with Gasteiger partial charge in [0.15, 0.2) is 0 Å². The molecule has 4 nitrogen and oxygen atoms in total. The first-order valence-electron chi connectivity index (χ1n) is 6.28. The highest BCUT2D eigenvalue weighted by Gasteiger charge is 2.18. The second-order valence-corrected chi connectivity index (χ2v) is 4.82. The molecule has 4 heteroatoms. The van der Waals surface area contributed by atoms with Gasteiger partial charge in [-0.3, -0.25) is 4.79 Å². The minimum atomic E-state index is -0.208. The molecule has 0 fully saturated rings. The monoisotopic (exact) mass is 249 g/mol. The Labute approximate surface area is 109 Å². The van der Waals surface area contributed by atoms with Gasteiger partial charge >= 0.3 is 0 Å². The average Bonchev–Trinajstić information content (AvgIpc) is 2.36. The highest BCUT2D eigenvalue weighted by molar-refractivity contribution is 5.84. The quantitative estimate of drug-likeness (QED) is 0.831. The van der Waals surface area contributed by atoms with Crippen molar-refractivity contribution in [1.29, 1.82) is 0 Å². The number of carbonyl (C=O) groups is 1. The number of hydrogen-bond donors (Lipinski definition) is 2. The Morgan fingerprint density at radius 2 is 2.06 bits per heavy atom. The zero-order valence-corrected chi connectivity index (χ0v) is 11.6. The van der Waals surface area contributed by atoms with E-state index in [1.165, 1.54) is 0 Å². The van der Waals surface area contributed by atoms with Crippen molar-refractivity contribution in [3.8, 4) is 0 Å². The summed E-state index contributed by atoms with van der Waals surface area (Å²) in [6.45, 7) is 6.32. The van der Waals surface area contributed by atoms with Gasteiger partial charge in [0.25, 0.3) is 0 Å². The summed E-state index contributed by atoms with van der Waals surface area (Å²) in [6.07, 6.45) is 0. The molecule has 1 aromatic rings. The number of nitrogens with one attached hydrogen (secondary N) is 1. The maximum absolute atomic E-state index is 11.9. The normalized spacial score (nSPS) is 12.3. The first-order valence-corrected chi connectivity index (χ1v) is 6.28. The smallest absolute Gasteiger partial charge is 0.242 e. The van der Waals surface area contributed by atoms with Crippen LogP contribution < -0.4 is 16.0 Å². The van der Waals surface area contributed by atoms with E-state index in [1.807, 2.05) is 57.0 Å². The van der Waals surface area contributed by atoms with Crippen molar-refractivity contribution in [2.45, 2.75) is 39.4 Å². The summed E-state index contributed by atoms with van der Waals surface area (Å²) in [5.41, 5.74) is 7.69. The fourth-order valence-electron chi connectivity index (χ4n) is 1.71. The predicted molar refractivity (Wildman–Crippen MR) is 75.5 cm³/mol. The number of hydrogen-bond acceptors (Lipinski definition) is 3. The maximum Gasteiger partial charge on any atom is 0.242 e. The third-order valence-corrected chi connectivity index (χ3v) is 2.94. The van der Waals surface area contributed by atoms with Gasteiger partial charge < -0.3 is 16.0 Å². The van der Waals surface area contributed by atoms with Crippen molar-refractivity contribution in [1.82, 2.24) is 5.32 Å². The van der Waals surface area contributed by atoms with E-state index in [1.54, 1.807) is 0 Å². The Morgan fingerprint density at radius 1 is 1.39 bits per heavy atom. The van der Waals surface area contributed by atoms with Crippen LogP contribution in [-0.4, -0.2) is 25.0 Å². The van der Waals surface area contributed by atoms with Gasteiger partial charge in [0.1, 0.15) is 6.04 Å². The second kappa shape index (κ2) is 6.40. The predicted octanol–water partition coefficient (Wildman–Crippen LogP) is 1.49. The van der Waals surface area contributed by atoms with Crippen molar-refractivity contribution in [2.75, 3.05) is 11.9 Å². The summed E-state index contributed by atoms with van der Waals surface area (Å²) in [4.78, 5) is 13.9. The molecule has 1 unspecified atom stereocenters. The van der Waals surface area contributed by atoms with Crippen molar-refractivity contribution < 1.29 is 4.79 Å². The van der Waals surface area contributed by atoms with Gasteiger partial charge in [0.2, 0.25) is 5.91 Å². The minimum absolute atomic E-state index is 0.0330. The number of nitrogens with two attached hydrogens (primary N) is 1. The molecule has 0 bridgehead atoms. The Hall–Kier alpha value is -1.55. The maximum atomic E-state index is 11.9. The van der Waals surface area contributed by atoms with Crippen LogP contribution in [0.25, 0.3) is 0 Å². The van der Waals surface area contributed by atoms with E-state index >= 15 is 0 Å². The van der Waals surface area contributed by atoms with Crippen LogP contribution in [0.5, 0.6) is 0 Å². The standard InChI is InChI=1S/C14H23N3O/c1-10(2)16-14(18)11(3)17(4)13-7-5-6-12(8-13)9-15/h5-8,10-11H,9,15H2,1-4H3,(H,16,18). The summed E-state index contributed by atoms with van der Waals surface area (Å²) in [6, 6.07) is 7.89. The highest BCUT2D eigenvalue weighted by atomic mass is 16.2. The summed E-state index contributed by atoms with van der Waals surface area (Å²) < 4.78 is 0. The van der Waals surface area contributed by atoms with E-state index < -0.39 is 0 Å². The fourth-order valence-corrected chi connectivity index (χ4v) is 1.71. The molecule has 3 N–H and O–H groups in total. The van der Waals surface area contributed by atoms with Gasteiger partial charge in [-0.05, 0) is 38.5 Å². The molecule has 0 saturated heterocycles. The molecule has 1 rings (SSSR count). The van der Waals surface area contributed by atoms with E-state index in [0.29, 0.717) is 6.54 Å². The molecule has 18 heavy (non-hydrogen) atoms. The summed E-state index contributed by atoms with van der Waals surface area (Å²) in [7, 11) is 1.92. The zero-order valence-electron chi connectivity index (χ0n) is 11.6. The second-order valence-electron chi connectivity index (χ2n) is 4.82. The van der Waals surface area contributed by atoms with Crippen LogP contribution in [0, 0.1) is 0 Å². The minimum Gasteiger partial charge on any atom is -0.363 e. The van der Waals surface area contributed by atoms with Gasteiger partial charge in [-0.2, -0.15) is 0 Å². The number of benzene rings is 1. The largest absolute Gasteiger partial charge is 0.363 e. The Bertz CT molecular complexity index is 404. The highest BCUT2D eigenvalue weighted by Crippen LogP contribution is 2.17.